The van der Waals surface area contributed by atoms with Crippen LogP contribution in [0.1, 0.15) is 72.5 Å². The summed E-state index contributed by atoms with van der Waals surface area (Å²) in [4.78, 5) is 100. The number of ether oxygens (including phenoxy) is 11. The molecule has 9 unspecified atom stereocenters. The van der Waals surface area contributed by atoms with Gasteiger partial charge in [-0.25, -0.2) is 33.6 Å². The minimum absolute atomic E-state index is 0.0116. The number of carbonyl (C=O) groups is 7. The second-order valence-electron chi connectivity index (χ2n) is 19.3. The minimum atomic E-state index is -2.78. The number of hydrogen-bond acceptors (Lipinski definition) is 18. The maximum absolute atomic E-state index is 14.7. The minimum Gasteiger partial charge on any atom is -0.484 e. The van der Waals surface area contributed by atoms with Crippen LogP contribution in [0.2, 0.25) is 0 Å². The fourth-order valence-electron chi connectivity index (χ4n) is 9.38. The SMILES string of the molecule is O=C(OCC1OC(OC2(COC(=O)c3ccccc3)OC(COC(=O)c3ccccc3)C(OC(=O)c3ccccc3)C2OC(=O)c2ccccc2)C(OC(=O)c2ccccc2)C(OC(=O)c2ccccc2)C1Oc1ccccc1)c1ccccc1. The summed E-state index contributed by atoms with van der Waals surface area (Å²) in [5.74, 6) is -9.12. The van der Waals surface area contributed by atoms with E-state index in [4.69, 9.17) is 52.1 Å². The summed E-state index contributed by atoms with van der Waals surface area (Å²) in [5.41, 5.74) is 0.427. The van der Waals surface area contributed by atoms with E-state index in [0.717, 1.165) is 0 Å². The molecular weight excluding hydrogens is 1090 g/mol. The van der Waals surface area contributed by atoms with E-state index in [2.05, 4.69) is 0 Å². The Bertz CT molecular complexity index is 3530. The van der Waals surface area contributed by atoms with E-state index in [1.165, 1.54) is 84.9 Å². The highest BCUT2D eigenvalue weighted by molar-refractivity contribution is 5.93. The zero-order valence-corrected chi connectivity index (χ0v) is 45.2. The van der Waals surface area contributed by atoms with E-state index in [1.54, 1.807) is 158 Å². The van der Waals surface area contributed by atoms with E-state index >= 15 is 0 Å². The molecule has 2 aliphatic rings. The highest BCUT2D eigenvalue weighted by Gasteiger charge is 2.65. The van der Waals surface area contributed by atoms with Crippen molar-refractivity contribution in [3.8, 4) is 5.75 Å². The second kappa shape index (κ2) is 27.7. The molecule has 430 valence electrons. The first-order chi connectivity index (χ1) is 41.5. The summed E-state index contributed by atoms with van der Waals surface area (Å²) in [6, 6.07) is 63.2. The van der Waals surface area contributed by atoms with Crippen molar-refractivity contribution in [2.45, 2.75) is 54.8 Å². The third kappa shape index (κ3) is 14.5. The van der Waals surface area contributed by atoms with Crippen LogP contribution in [0.15, 0.2) is 243 Å². The Hall–Kier alpha value is -10.3. The first-order valence-electron chi connectivity index (χ1n) is 27.0. The molecule has 10 rings (SSSR count). The van der Waals surface area contributed by atoms with Crippen LogP contribution in [0.5, 0.6) is 5.75 Å². The van der Waals surface area contributed by atoms with Gasteiger partial charge < -0.3 is 52.1 Å². The highest BCUT2D eigenvalue weighted by atomic mass is 16.8. The van der Waals surface area contributed by atoms with Crippen LogP contribution in [-0.2, 0) is 47.4 Å². The predicted octanol–water partition coefficient (Wildman–Crippen LogP) is 9.74. The molecule has 0 aromatic heterocycles. The lowest BCUT2D eigenvalue weighted by molar-refractivity contribution is -0.379. The Morgan fingerprint density at radius 1 is 0.329 bits per heavy atom. The Labute approximate surface area is 487 Å². The second-order valence-corrected chi connectivity index (χ2v) is 19.3. The standard InChI is InChI=1S/C67H54O18/c68-59(44-25-9-1-10-26-44)75-41-52-54(78-51-39-23-8-24-40-51)56(81-63(72)48-33-17-5-18-34-48)57(82-64(73)49-35-19-6-20-36-49)66(79-52)85-67(43-77-61(70)46-29-13-3-14-30-46)58(83-65(74)50-37-21-7-22-38-50)55(80-62(71)47-31-15-4-16-32-47)53(84-67)42-76-60(69)45-27-11-2-12-28-45/h1-40,52-58,66H,41-43H2. The Balaban J connectivity index is 1.15. The molecule has 18 nitrogen and oxygen atoms in total. The molecule has 0 spiro atoms. The molecule has 0 aliphatic carbocycles. The lowest BCUT2D eigenvalue weighted by atomic mass is 9.97. The highest BCUT2D eigenvalue weighted by Crippen LogP contribution is 2.43. The molecule has 2 saturated heterocycles. The van der Waals surface area contributed by atoms with Crippen LogP contribution in [-0.4, -0.2) is 116 Å². The molecule has 0 saturated carbocycles. The first-order valence-corrected chi connectivity index (χ1v) is 27.0. The molecule has 8 aromatic rings. The van der Waals surface area contributed by atoms with E-state index in [0.29, 0.717) is 0 Å². The predicted molar refractivity (Wildman–Crippen MR) is 301 cm³/mol. The van der Waals surface area contributed by atoms with Crippen molar-refractivity contribution < 1.29 is 85.7 Å². The summed E-state index contributed by atoms with van der Waals surface area (Å²) in [5, 5.41) is 0. The zero-order chi connectivity index (χ0) is 59.0. The average molecular weight is 1150 g/mol. The molecule has 2 aliphatic heterocycles. The maximum atomic E-state index is 14.7. The third-order valence-electron chi connectivity index (χ3n) is 13.6. The summed E-state index contributed by atoms with van der Waals surface area (Å²) in [7, 11) is 0. The first kappa shape index (κ1) is 57.9. The number of para-hydroxylation sites is 1. The fraction of sp³-hybridized carbons (Fsp3) is 0.179. The Morgan fingerprint density at radius 2 is 0.647 bits per heavy atom. The molecule has 0 amide bonds. The molecule has 0 bridgehead atoms. The van der Waals surface area contributed by atoms with E-state index in [1.807, 2.05) is 0 Å². The number of rotatable bonds is 21. The molecule has 0 N–H and O–H groups in total. The third-order valence-corrected chi connectivity index (χ3v) is 13.6. The molecule has 9 atom stereocenters. The fourth-order valence-corrected chi connectivity index (χ4v) is 9.38. The van der Waals surface area contributed by atoms with Crippen molar-refractivity contribution in [2.24, 2.45) is 0 Å². The quantitative estimate of drug-likeness (QED) is 0.0482. The van der Waals surface area contributed by atoms with Crippen molar-refractivity contribution in [3.63, 3.8) is 0 Å². The van der Waals surface area contributed by atoms with Gasteiger partial charge in [-0.05, 0) is 97.1 Å². The van der Waals surface area contributed by atoms with Gasteiger partial charge in [0.25, 0.3) is 0 Å². The average Bonchev–Trinajstić information content (AvgIpc) is 1.89. The number of benzene rings is 8. The monoisotopic (exact) mass is 1150 g/mol. The molecule has 2 heterocycles. The van der Waals surface area contributed by atoms with Crippen LogP contribution in [0.25, 0.3) is 0 Å². The van der Waals surface area contributed by atoms with Gasteiger partial charge >= 0.3 is 41.8 Å². The molecule has 85 heavy (non-hydrogen) atoms. The molecule has 2 fully saturated rings. The van der Waals surface area contributed by atoms with Crippen molar-refractivity contribution >= 4 is 41.8 Å². The topological polar surface area (TPSA) is 221 Å². The van der Waals surface area contributed by atoms with Crippen LogP contribution >= 0.6 is 0 Å². The van der Waals surface area contributed by atoms with Gasteiger partial charge in [-0.3, -0.25) is 0 Å². The number of esters is 7. The van der Waals surface area contributed by atoms with Gasteiger partial charge in [0.05, 0.1) is 38.9 Å². The lowest BCUT2D eigenvalue weighted by Gasteiger charge is -2.47. The molecule has 0 radical (unpaired) electrons. The largest absolute Gasteiger partial charge is 0.484 e. The van der Waals surface area contributed by atoms with E-state index in [-0.39, 0.29) is 44.7 Å². The lowest BCUT2D eigenvalue weighted by Crippen LogP contribution is -2.66. The van der Waals surface area contributed by atoms with Crippen molar-refractivity contribution in [2.75, 3.05) is 19.8 Å². The summed E-state index contributed by atoms with van der Waals surface area (Å²) >= 11 is 0. The Morgan fingerprint density at radius 3 is 1.05 bits per heavy atom. The molecule has 8 aromatic carbocycles. The van der Waals surface area contributed by atoms with Gasteiger partial charge in [-0.2, -0.15) is 0 Å². The van der Waals surface area contributed by atoms with Crippen LogP contribution in [0.4, 0.5) is 0 Å². The van der Waals surface area contributed by atoms with Gasteiger partial charge in [0.15, 0.2) is 30.5 Å². The smallest absolute Gasteiger partial charge is 0.338 e. The number of hydrogen-bond donors (Lipinski definition) is 0. The van der Waals surface area contributed by atoms with E-state index in [9.17, 15) is 33.6 Å². The van der Waals surface area contributed by atoms with Crippen LogP contribution in [0.3, 0.4) is 0 Å². The normalized spacial score (nSPS) is 21.4. The maximum Gasteiger partial charge on any atom is 0.338 e. The van der Waals surface area contributed by atoms with Gasteiger partial charge in [0.2, 0.25) is 12.1 Å². The van der Waals surface area contributed by atoms with E-state index < -0.39 is 116 Å². The van der Waals surface area contributed by atoms with Gasteiger partial charge in [-0.1, -0.05) is 146 Å². The van der Waals surface area contributed by atoms with Gasteiger partial charge in [-0.15, -0.1) is 0 Å². The van der Waals surface area contributed by atoms with Gasteiger partial charge in [0, 0.05) is 0 Å². The Kier molecular flexibility index (Phi) is 18.9. The van der Waals surface area contributed by atoms with Crippen molar-refractivity contribution in [1.29, 1.82) is 0 Å². The van der Waals surface area contributed by atoms with Crippen molar-refractivity contribution in [3.05, 3.63) is 282 Å². The number of carbonyl (C=O) groups excluding carboxylic acids is 7. The van der Waals surface area contributed by atoms with Gasteiger partial charge in [0.1, 0.15) is 37.8 Å². The van der Waals surface area contributed by atoms with Crippen LogP contribution in [0, 0.1) is 0 Å². The van der Waals surface area contributed by atoms with Crippen molar-refractivity contribution in [1.82, 2.24) is 0 Å². The molecular formula is C67H54O18. The van der Waals surface area contributed by atoms with Crippen LogP contribution < -0.4 is 4.74 Å². The summed E-state index contributed by atoms with van der Waals surface area (Å²) < 4.78 is 71.0. The summed E-state index contributed by atoms with van der Waals surface area (Å²) in [6.07, 6.45) is -14.5. The zero-order valence-electron chi connectivity index (χ0n) is 45.2. The summed E-state index contributed by atoms with van der Waals surface area (Å²) in [6.45, 7) is -2.46. The molecule has 18 heteroatoms.